The van der Waals surface area contributed by atoms with Crippen LogP contribution in [-0.4, -0.2) is 29.5 Å². The van der Waals surface area contributed by atoms with Gasteiger partial charge in [-0.05, 0) is 24.1 Å². The quantitative estimate of drug-likeness (QED) is 0.683. The van der Waals surface area contributed by atoms with E-state index in [4.69, 9.17) is 10.2 Å². The summed E-state index contributed by atoms with van der Waals surface area (Å²) in [6.07, 6.45) is 2.51. The van der Waals surface area contributed by atoms with Crippen LogP contribution in [0.5, 0.6) is 0 Å². The summed E-state index contributed by atoms with van der Waals surface area (Å²) in [5.74, 6) is 0.705. The molecule has 0 saturated carbocycles. The van der Waals surface area contributed by atoms with Crippen LogP contribution in [0.25, 0.3) is 11.3 Å². The highest BCUT2D eigenvalue weighted by Crippen LogP contribution is 2.23. The van der Waals surface area contributed by atoms with Crippen LogP contribution in [0.3, 0.4) is 0 Å². The van der Waals surface area contributed by atoms with Crippen molar-refractivity contribution in [2.45, 2.75) is 13.0 Å². The smallest absolute Gasteiger partial charge is 0.209 e. The number of nitrogens with two attached hydrogens (primary N) is 1. The van der Waals surface area contributed by atoms with Gasteiger partial charge in [0, 0.05) is 19.6 Å². The fraction of sp³-hybridized carbons (Fsp3) is 0.250. The van der Waals surface area contributed by atoms with Crippen molar-refractivity contribution in [3.05, 3.63) is 78.1 Å². The highest BCUT2D eigenvalue weighted by atomic mass is 19.1. The Kier molecular flexibility index (Phi) is 5.93. The summed E-state index contributed by atoms with van der Waals surface area (Å²) in [5.41, 5.74) is 7.43. The maximum atomic E-state index is 13.9. The van der Waals surface area contributed by atoms with E-state index in [1.807, 2.05) is 18.2 Å². The van der Waals surface area contributed by atoms with Crippen LogP contribution in [0.2, 0.25) is 0 Å². The van der Waals surface area contributed by atoms with E-state index < -0.39 is 0 Å². The summed E-state index contributed by atoms with van der Waals surface area (Å²) in [4.78, 5) is 6.49. The second-order valence-electron chi connectivity index (χ2n) is 5.90. The molecule has 2 aromatic carbocycles. The topological polar surface area (TPSA) is 55.3 Å². The number of aromatic nitrogens is 1. The van der Waals surface area contributed by atoms with Gasteiger partial charge in [0.05, 0.1) is 18.3 Å². The van der Waals surface area contributed by atoms with Crippen LogP contribution < -0.4 is 5.73 Å². The first kappa shape index (κ1) is 17.3. The van der Waals surface area contributed by atoms with Gasteiger partial charge in [-0.2, -0.15) is 0 Å². The lowest BCUT2D eigenvalue weighted by Gasteiger charge is -2.19. The Balaban J connectivity index is 1.65. The Hall–Kier alpha value is -2.50. The standard InChI is InChI=1S/C20H22FN3O/c21-18-9-5-4-8-17(18)19-14-23-20(25-19)15-24(13-11-22)12-10-16-6-2-1-3-7-16/h1-9,14H,10-13,15,22H2. The summed E-state index contributed by atoms with van der Waals surface area (Å²) in [6.45, 7) is 2.73. The van der Waals surface area contributed by atoms with Gasteiger partial charge >= 0.3 is 0 Å². The molecule has 25 heavy (non-hydrogen) atoms. The van der Waals surface area contributed by atoms with E-state index >= 15 is 0 Å². The van der Waals surface area contributed by atoms with Gasteiger partial charge in [0.2, 0.25) is 5.89 Å². The van der Waals surface area contributed by atoms with E-state index in [1.165, 1.54) is 11.6 Å². The van der Waals surface area contributed by atoms with Gasteiger partial charge in [0.1, 0.15) is 5.82 Å². The average molecular weight is 339 g/mol. The normalized spacial score (nSPS) is 11.2. The SMILES string of the molecule is NCCN(CCc1ccccc1)Cc1ncc(-c2ccccc2F)o1. The molecule has 3 rings (SSSR count). The lowest BCUT2D eigenvalue weighted by Crippen LogP contribution is -2.31. The number of halogens is 1. The first-order valence-electron chi connectivity index (χ1n) is 8.42. The van der Waals surface area contributed by atoms with Gasteiger partial charge in [-0.15, -0.1) is 0 Å². The molecule has 3 aromatic rings. The zero-order chi connectivity index (χ0) is 17.5. The fourth-order valence-corrected chi connectivity index (χ4v) is 2.74. The summed E-state index contributed by atoms with van der Waals surface area (Å²) >= 11 is 0. The summed E-state index contributed by atoms with van der Waals surface area (Å²) < 4.78 is 19.6. The van der Waals surface area contributed by atoms with Crippen molar-refractivity contribution in [3.63, 3.8) is 0 Å². The van der Waals surface area contributed by atoms with Crippen LogP contribution in [-0.2, 0) is 13.0 Å². The third-order valence-corrected chi connectivity index (χ3v) is 4.06. The maximum absolute atomic E-state index is 13.9. The molecule has 0 spiro atoms. The predicted molar refractivity (Wildman–Crippen MR) is 96.4 cm³/mol. The minimum absolute atomic E-state index is 0.312. The molecule has 0 amide bonds. The molecule has 0 aliphatic heterocycles. The van der Waals surface area contributed by atoms with Crippen LogP contribution in [0, 0.1) is 5.82 Å². The molecule has 0 radical (unpaired) electrons. The van der Waals surface area contributed by atoms with Gasteiger partial charge in [0.15, 0.2) is 5.76 Å². The molecule has 1 heterocycles. The molecule has 0 aliphatic rings. The lowest BCUT2D eigenvalue weighted by atomic mass is 10.1. The highest BCUT2D eigenvalue weighted by molar-refractivity contribution is 5.56. The van der Waals surface area contributed by atoms with Crippen LogP contribution in [0.15, 0.2) is 65.2 Å². The van der Waals surface area contributed by atoms with Gasteiger partial charge < -0.3 is 10.2 Å². The molecule has 4 nitrogen and oxygen atoms in total. The number of nitrogens with zero attached hydrogens (tertiary/aromatic N) is 2. The number of hydrogen-bond donors (Lipinski definition) is 1. The zero-order valence-electron chi connectivity index (χ0n) is 14.1. The van der Waals surface area contributed by atoms with Crippen molar-refractivity contribution in [2.75, 3.05) is 19.6 Å². The Bertz CT molecular complexity index is 788. The highest BCUT2D eigenvalue weighted by Gasteiger charge is 2.13. The van der Waals surface area contributed by atoms with Crippen LogP contribution >= 0.6 is 0 Å². The molecule has 0 fully saturated rings. The van der Waals surface area contributed by atoms with Gasteiger partial charge in [-0.3, -0.25) is 4.90 Å². The number of oxazole rings is 1. The molecule has 0 bridgehead atoms. The third-order valence-electron chi connectivity index (χ3n) is 4.06. The Morgan fingerprint density at radius 2 is 1.76 bits per heavy atom. The van der Waals surface area contributed by atoms with Crippen LogP contribution in [0.4, 0.5) is 4.39 Å². The first-order valence-corrected chi connectivity index (χ1v) is 8.42. The molecule has 1 aromatic heterocycles. The number of rotatable bonds is 8. The average Bonchev–Trinajstić information content (AvgIpc) is 3.09. The molecule has 0 unspecified atom stereocenters. The van der Waals surface area contributed by atoms with Crippen molar-refractivity contribution in [1.29, 1.82) is 0 Å². The van der Waals surface area contributed by atoms with Gasteiger partial charge in [0.25, 0.3) is 0 Å². The molecule has 130 valence electrons. The Labute approximate surface area is 147 Å². The maximum Gasteiger partial charge on any atom is 0.209 e. The van der Waals surface area contributed by atoms with Crippen molar-refractivity contribution in [3.8, 4) is 11.3 Å². The lowest BCUT2D eigenvalue weighted by molar-refractivity contribution is 0.249. The van der Waals surface area contributed by atoms with Crippen molar-refractivity contribution in [1.82, 2.24) is 9.88 Å². The largest absolute Gasteiger partial charge is 0.439 e. The molecule has 5 heteroatoms. The summed E-state index contributed by atoms with van der Waals surface area (Å²) in [6, 6.07) is 16.9. The Morgan fingerprint density at radius 3 is 2.52 bits per heavy atom. The van der Waals surface area contributed by atoms with E-state index in [2.05, 4.69) is 22.0 Å². The van der Waals surface area contributed by atoms with Gasteiger partial charge in [-0.25, -0.2) is 9.37 Å². The van der Waals surface area contributed by atoms with E-state index in [0.717, 1.165) is 19.5 Å². The predicted octanol–water partition coefficient (Wildman–Crippen LogP) is 3.48. The minimum Gasteiger partial charge on any atom is -0.439 e. The molecule has 0 saturated heterocycles. The minimum atomic E-state index is -0.312. The molecular weight excluding hydrogens is 317 g/mol. The van der Waals surface area contributed by atoms with E-state index in [0.29, 0.717) is 30.3 Å². The molecular formula is C20H22FN3O. The van der Waals surface area contributed by atoms with E-state index in [9.17, 15) is 4.39 Å². The summed E-state index contributed by atoms with van der Waals surface area (Å²) in [7, 11) is 0. The Morgan fingerprint density at radius 1 is 1.00 bits per heavy atom. The molecule has 0 aliphatic carbocycles. The monoisotopic (exact) mass is 339 g/mol. The second kappa shape index (κ2) is 8.55. The van der Waals surface area contributed by atoms with Crippen molar-refractivity contribution >= 4 is 0 Å². The number of hydrogen-bond acceptors (Lipinski definition) is 4. The summed E-state index contributed by atoms with van der Waals surface area (Å²) in [5, 5.41) is 0. The molecule has 0 atom stereocenters. The van der Waals surface area contributed by atoms with Crippen molar-refractivity contribution < 1.29 is 8.81 Å². The van der Waals surface area contributed by atoms with E-state index in [1.54, 1.807) is 24.4 Å². The first-order chi connectivity index (χ1) is 12.3. The molecule has 2 N–H and O–H groups in total. The van der Waals surface area contributed by atoms with Gasteiger partial charge in [-0.1, -0.05) is 42.5 Å². The zero-order valence-corrected chi connectivity index (χ0v) is 14.1. The fourth-order valence-electron chi connectivity index (χ4n) is 2.74. The number of benzene rings is 2. The van der Waals surface area contributed by atoms with Crippen LogP contribution in [0.1, 0.15) is 11.5 Å². The van der Waals surface area contributed by atoms with Crippen molar-refractivity contribution in [2.24, 2.45) is 5.73 Å². The third kappa shape index (κ3) is 4.75. The second-order valence-corrected chi connectivity index (χ2v) is 5.90. The van der Waals surface area contributed by atoms with E-state index in [-0.39, 0.29) is 5.82 Å².